The van der Waals surface area contributed by atoms with Crippen LogP contribution in [-0.2, 0) is 6.42 Å². The molecule has 2 aromatic heterocycles. The van der Waals surface area contributed by atoms with E-state index in [0.29, 0.717) is 5.82 Å². The Morgan fingerprint density at radius 2 is 2.08 bits per heavy atom. The maximum absolute atomic E-state index is 6.01. The van der Waals surface area contributed by atoms with E-state index in [0.717, 1.165) is 47.4 Å². The molecule has 3 heterocycles. The van der Waals surface area contributed by atoms with Crippen molar-refractivity contribution in [1.82, 2.24) is 9.97 Å². The highest BCUT2D eigenvalue weighted by Crippen LogP contribution is 2.28. The van der Waals surface area contributed by atoms with Crippen molar-refractivity contribution in [3.63, 3.8) is 0 Å². The van der Waals surface area contributed by atoms with Gasteiger partial charge < -0.3 is 11.1 Å². The molecule has 0 amide bonds. The van der Waals surface area contributed by atoms with E-state index >= 15 is 0 Å². The Morgan fingerprint density at radius 3 is 2.88 bits per heavy atom. The highest BCUT2D eigenvalue weighted by atomic mass is 14.9. The summed E-state index contributed by atoms with van der Waals surface area (Å²) in [6.07, 6.45) is 6.56. The summed E-state index contributed by atoms with van der Waals surface area (Å²) in [6.45, 7) is 1.51. The number of nitrogens with two attached hydrogens (primary N) is 1. The van der Waals surface area contributed by atoms with Gasteiger partial charge in [0, 0.05) is 48.2 Å². The normalized spacial score (nSPS) is 13.2. The standard InChI is InChI=1S/C20H19N5/c21-20-12-18(24-10-7-16-3-1-2-8-23-16)17-5-4-14(11-19(17)25-20)15-6-9-22-13-15/h1-6,8-9,11-12H,7,10,13H2,(H3,21,24,25). The number of aromatic nitrogens is 2. The van der Waals surface area contributed by atoms with Crippen LogP contribution in [0.5, 0.6) is 0 Å². The van der Waals surface area contributed by atoms with Gasteiger partial charge in [-0.15, -0.1) is 0 Å². The maximum Gasteiger partial charge on any atom is 0.126 e. The van der Waals surface area contributed by atoms with Crippen molar-refractivity contribution in [2.24, 2.45) is 4.99 Å². The first kappa shape index (κ1) is 15.3. The highest BCUT2D eigenvalue weighted by molar-refractivity contribution is 5.96. The minimum absolute atomic E-state index is 0.515. The molecule has 5 nitrogen and oxygen atoms in total. The number of anilines is 2. The molecule has 0 saturated heterocycles. The number of pyridine rings is 2. The van der Waals surface area contributed by atoms with E-state index in [1.165, 1.54) is 5.57 Å². The topological polar surface area (TPSA) is 76.2 Å². The maximum atomic E-state index is 6.01. The number of nitrogens with one attached hydrogen (secondary N) is 1. The molecule has 5 heteroatoms. The number of nitrogen functional groups attached to an aromatic ring is 1. The molecule has 0 fully saturated rings. The molecule has 25 heavy (non-hydrogen) atoms. The van der Waals surface area contributed by atoms with Crippen molar-refractivity contribution < 1.29 is 0 Å². The summed E-state index contributed by atoms with van der Waals surface area (Å²) < 4.78 is 0. The summed E-state index contributed by atoms with van der Waals surface area (Å²) in [7, 11) is 0. The van der Waals surface area contributed by atoms with E-state index in [9.17, 15) is 0 Å². The number of benzene rings is 1. The fourth-order valence-corrected chi connectivity index (χ4v) is 3.00. The lowest BCUT2D eigenvalue weighted by atomic mass is 10.0. The molecule has 3 aromatic rings. The fraction of sp³-hybridized carbons (Fsp3) is 0.150. The molecule has 1 aliphatic rings. The number of allylic oxidation sites excluding steroid dienone is 1. The Kier molecular flexibility index (Phi) is 4.12. The van der Waals surface area contributed by atoms with E-state index in [-0.39, 0.29) is 0 Å². The van der Waals surface area contributed by atoms with Crippen LogP contribution in [0.2, 0.25) is 0 Å². The predicted molar refractivity (Wildman–Crippen MR) is 104 cm³/mol. The summed E-state index contributed by atoms with van der Waals surface area (Å²) in [6, 6.07) is 14.1. The first-order valence-corrected chi connectivity index (χ1v) is 8.33. The SMILES string of the molecule is Nc1cc(NCCc2ccccn2)c2ccc(C3=CC=NC3)cc2n1. The van der Waals surface area contributed by atoms with Crippen LogP contribution in [0.1, 0.15) is 11.3 Å². The molecular formula is C20H19N5. The van der Waals surface area contributed by atoms with Crippen molar-refractivity contribution >= 4 is 34.2 Å². The van der Waals surface area contributed by atoms with E-state index in [2.05, 4.69) is 38.5 Å². The largest absolute Gasteiger partial charge is 0.384 e. The Bertz CT molecular complexity index is 960. The second-order valence-electron chi connectivity index (χ2n) is 6.01. The Hall–Kier alpha value is -3.21. The number of nitrogens with zero attached hydrogens (tertiary/aromatic N) is 3. The van der Waals surface area contributed by atoms with Crippen molar-refractivity contribution in [3.8, 4) is 0 Å². The van der Waals surface area contributed by atoms with Gasteiger partial charge in [0.05, 0.1) is 12.1 Å². The van der Waals surface area contributed by atoms with Crippen LogP contribution < -0.4 is 11.1 Å². The van der Waals surface area contributed by atoms with Crippen LogP contribution >= 0.6 is 0 Å². The van der Waals surface area contributed by atoms with Gasteiger partial charge in [0.15, 0.2) is 0 Å². The lowest BCUT2D eigenvalue weighted by molar-refractivity contribution is 0.962. The second kappa shape index (κ2) is 6.73. The van der Waals surface area contributed by atoms with Crippen molar-refractivity contribution in [3.05, 3.63) is 66.0 Å². The van der Waals surface area contributed by atoms with Gasteiger partial charge in [-0.05, 0) is 35.4 Å². The number of fused-ring (bicyclic) bond motifs is 1. The Labute approximate surface area is 146 Å². The van der Waals surface area contributed by atoms with Crippen molar-refractivity contribution in [1.29, 1.82) is 0 Å². The Morgan fingerprint density at radius 1 is 1.12 bits per heavy atom. The molecule has 0 saturated carbocycles. The van der Waals surface area contributed by atoms with Gasteiger partial charge in [0.25, 0.3) is 0 Å². The first-order valence-electron chi connectivity index (χ1n) is 8.33. The van der Waals surface area contributed by atoms with E-state index in [1.54, 1.807) is 0 Å². The van der Waals surface area contributed by atoms with Gasteiger partial charge in [0.2, 0.25) is 0 Å². The monoisotopic (exact) mass is 329 g/mol. The minimum atomic E-state index is 0.515. The third-order valence-electron chi connectivity index (χ3n) is 4.27. The van der Waals surface area contributed by atoms with Gasteiger partial charge in [-0.25, -0.2) is 4.98 Å². The predicted octanol–water partition coefficient (Wildman–Crippen LogP) is 3.33. The third kappa shape index (κ3) is 3.35. The van der Waals surface area contributed by atoms with Crippen LogP contribution in [0.15, 0.2) is 59.7 Å². The van der Waals surface area contributed by atoms with Crippen LogP contribution in [0.4, 0.5) is 11.5 Å². The molecule has 0 unspecified atom stereocenters. The van der Waals surface area contributed by atoms with E-state index in [1.807, 2.05) is 42.8 Å². The lowest BCUT2D eigenvalue weighted by Gasteiger charge is -2.12. The number of aliphatic imine (C=N–C) groups is 1. The number of rotatable bonds is 5. The van der Waals surface area contributed by atoms with Gasteiger partial charge in [-0.1, -0.05) is 18.2 Å². The first-order chi connectivity index (χ1) is 12.3. The zero-order chi connectivity index (χ0) is 17.1. The molecular weight excluding hydrogens is 310 g/mol. The third-order valence-corrected chi connectivity index (χ3v) is 4.27. The quantitative estimate of drug-likeness (QED) is 0.753. The molecule has 0 spiro atoms. The van der Waals surface area contributed by atoms with Gasteiger partial charge >= 0.3 is 0 Å². The Balaban J connectivity index is 1.58. The van der Waals surface area contributed by atoms with E-state index < -0.39 is 0 Å². The average molecular weight is 329 g/mol. The molecule has 4 rings (SSSR count). The van der Waals surface area contributed by atoms with Crippen LogP contribution in [0, 0.1) is 0 Å². The molecule has 0 radical (unpaired) electrons. The van der Waals surface area contributed by atoms with Crippen LogP contribution in [-0.4, -0.2) is 29.3 Å². The summed E-state index contributed by atoms with van der Waals surface area (Å²) in [4.78, 5) is 13.1. The molecule has 0 atom stereocenters. The molecule has 124 valence electrons. The number of hydrogen-bond acceptors (Lipinski definition) is 5. The number of hydrogen-bond donors (Lipinski definition) is 2. The van der Waals surface area contributed by atoms with E-state index in [4.69, 9.17) is 5.73 Å². The molecule has 0 bridgehead atoms. The summed E-state index contributed by atoms with van der Waals surface area (Å²) in [5.41, 5.74) is 11.3. The zero-order valence-corrected chi connectivity index (χ0v) is 13.8. The second-order valence-corrected chi connectivity index (χ2v) is 6.01. The fourth-order valence-electron chi connectivity index (χ4n) is 3.00. The minimum Gasteiger partial charge on any atom is -0.384 e. The molecule has 3 N–H and O–H groups in total. The zero-order valence-electron chi connectivity index (χ0n) is 13.8. The van der Waals surface area contributed by atoms with Gasteiger partial charge in [0.1, 0.15) is 5.82 Å². The molecule has 1 aromatic carbocycles. The summed E-state index contributed by atoms with van der Waals surface area (Å²) >= 11 is 0. The summed E-state index contributed by atoms with van der Waals surface area (Å²) in [5.74, 6) is 0.515. The van der Waals surface area contributed by atoms with Crippen molar-refractivity contribution in [2.75, 3.05) is 24.1 Å². The summed E-state index contributed by atoms with van der Waals surface area (Å²) in [5, 5.41) is 4.53. The van der Waals surface area contributed by atoms with Crippen molar-refractivity contribution in [2.45, 2.75) is 6.42 Å². The average Bonchev–Trinajstić information content (AvgIpc) is 3.16. The van der Waals surface area contributed by atoms with Gasteiger partial charge in [-0.2, -0.15) is 0 Å². The smallest absolute Gasteiger partial charge is 0.126 e. The lowest BCUT2D eigenvalue weighted by Crippen LogP contribution is -2.07. The van der Waals surface area contributed by atoms with Crippen LogP contribution in [0.3, 0.4) is 0 Å². The molecule has 1 aliphatic heterocycles. The van der Waals surface area contributed by atoms with Crippen LogP contribution in [0.25, 0.3) is 16.5 Å². The molecule has 0 aliphatic carbocycles. The highest BCUT2D eigenvalue weighted by Gasteiger charge is 2.09. The van der Waals surface area contributed by atoms with Gasteiger partial charge in [-0.3, -0.25) is 9.98 Å².